The standard InChI is InChI=1S/C10H10FNO2/c11-9-3-1-2-8(12-9)10(6-13)4-5-14-7-10/h1-3,6H,4-5,7H2. The van der Waals surface area contributed by atoms with Crippen LogP contribution in [0.5, 0.6) is 0 Å². The van der Waals surface area contributed by atoms with E-state index in [-0.39, 0.29) is 0 Å². The molecule has 1 fully saturated rings. The Kier molecular flexibility index (Phi) is 2.29. The van der Waals surface area contributed by atoms with Crippen LogP contribution in [0.2, 0.25) is 0 Å². The van der Waals surface area contributed by atoms with Gasteiger partial charge in [0.1, 0.15) is 6.29 Å². The van der Waals surface area contributed by atoms with Crippen LogP contribution in [0.3, 0.4) is 0 Å². The summed E-state index contributed by atoms with van der Waals surface area (Å²) in [6.07, 6.45) is 1.38. The van der Waals surface area contributed by atoms with E-state index in [2.05, 4.69) is 4.98 Å². The van der Waals surface area contributed by atoms with Crippen molar-refractivity contribution in [1.82, 2.24) is 4.98 Å². The molecular weight excluding hydrogens is 185 g/mol. The second kappa shape index (κ2) is 3.46. The van der Waals surface area contributed by atoms with Crippen molar-refractivity contribution in [1.29, 1.82) is 0 Å². The van der Waals surface area contributed by atoms with Crippen molar-refractivity contribution in [2.75, 3.05) is 13.2 Å². The van der Waals surface area contributed by atoms with E-state index in [1.54, 1.807) is 12.1 Å². The number of nitrogens with zero attached hydrogens (tertiary/aromatic N) is 1. The van der Waals surface area contributed by atoms with Gasteiger partial charge in [-0.3, -0.25) is 0 Å². The number of aromatic nitrogens is 1. The van der Waals surface area contributed by atoms with Crippen LogP contribution in [-0.4, -0.2) is 24.5 Å². The van der Waals surface area contributed by atoms with Gasteiger partial charge in [0.2, 0.25) is 5.95 Å². The van der Waals surface area contributed by atoms with Gasteiger partial charge in [0, 0.05) is 6.61 Å². The van der Waals surface area contributed by atoms with Gasteiger partial charge in [-0.05, 0) is 18.6 Å². The minimum atomic E-state index is -0.734. The Morgan fingerprint density at radius 2 is 2.43 bits per heavy atom. The molecule has 14 heavy (non-hydrogen) atoms. The van der Waals surface area contributed by atoms with E-state index in [9.17, 15) is 9.18 Å². The molecule has 0 spiro atoms. The Hall–Kier alpha value is -1.29. The first-order valence-corrected chi connectivity index (χ1v) is 4.44. The first-order valence-electron chi connectivity index (χ1n) is 4.44. The smallest absolute Gasteiger partial charge is 0.213 e. The fourth-order valence-corrected chi connectivity index (χ4v) is 1.62. The highest BCUT2D eigenvalue weighted by Gasteiger charge is 2.38. The van der Waals surface area contributed by atoms with Crippen molar-refractivity contribution >= 4 is 6.29 Å². The molecule has 0 amide bonds. The zero-order valence-corrected chi connectivity index (χ0v) is 7.57. The van der Waals surface area contributed by atoms with Gasteiger partial charge >= 0.3 is 0 Å². The Morgan fingerprint density at radius 1 is 1.57 bits per heavy atom. The average Bonchev–Trinajstić information content (AvgIpc) is 2.67. The summed E-state index contributed by atoms with van der Waals surface area (Å²) in [5, 5.41) is 0. The molecule has 1 aromatic heterocycles. The van der Waals surface area contributed by atoms with Crippen LogP contribution in [0.25, 0.3) is 0 Å². The van der Waals surface area contributed by atoms with Gasteiger partial charge < -0.3 is 9.53 Å². The third kappa shape index (κ3) is 1.42. The topological polar surface area (TPSA) is 39.2 Å². The minimum Gasteiger partial charge on any atom is -0.380 e. The lowest BCUT2D eigenvalue weighted by Crippen LogP contribution is -2.29. The highest BCUT2D eigenvalue weighted by atomic mass is 19.1. The molecule has 0 radical (unpaired) electrons. The largest absolute Gasteiger partial charge is 0.380 e. The van der Waals surface area contributed by atoms with Crippen LogP contribution in [0.4, 0.5) is 4.39 Å². The Labute approximate surface area is 80.9 Å². The lowest BCUT2D eigenvalue weighted by Gasteiger charge is -2.18. The summed E-state index contributed by atoms with van der Waals surface area (Å²) in [6.45, 7) is 0.823. The molecule has 3 nitrogen and oxygen atoms in total. The molecule has 0 aliphatic carbocycles. The first-order chi connectivity index (χ1) is 6.77. The summed E-state index contributed by atoms with van der Waals surface area (Å²) in [5.74, 6) is -0.560. The third-order valence-electron chi connectivity index (χ3n) is 2.50. The molecule has 1 saturated heterocycles. The molecular formula is C10H10FNO2. The zero-order valence-electron chi connectivity index (χ0n) is 7.57. The van der Waals surface area contributed by atoms with Gasteiger partial charge in [0.15, 0.2) is 0 Å². The monoisotopic (exact) mass is 195 g/mol. The van der Waals surface area contributed by atoms with Crippen molar-refractivity contribution in [3.05, 3.63) is 29.8 Å². The van der Waals surface area contributed by atoms with Crippen molar-refractivity contribution in [2.45, 2.75) is 11.8 Å². The molecule has 1 aromatic rings. The summed E-state index contributed by atoms with van der Waals surface area (Å²) in [4.78, 5) is 14.7. The lowest BCUT2D eigenvalue weighted by molar-refractivity contribution is -0.112. The maximum Gasteiger partial charge on any atom is 0.213 e. The fraction of sp³-hybridized carbons (Fsp3) is 0.400. The number of ether oxygens (including phenoxy) is 1. The van der Waals surface area contributed by atoms with Gasteiger partial charge in [-0.1, -0.05) is 6.07 Å². The van der Waals surface area contributed by atoms with E-state index in [1.807, 2.05) is 0 Å². The molecule has 0 bridgehead atoms. The maximum absolute atomic E-state index is 12.9. The quantitative estimate of drug-likeness (QED) is 0.523. The maximum atomic E-state index is 12.9. The lowest BCUT2D eigenvalue weighted by atomic mass is 9.85. The van der Waals surface area contributed by atoms with Gasteiger partial charge in [0.05, 0.1) is 17.7 Å². The molecule has 4 heteroatoms. The Balaban J connectivity index is 2.40. The van der Waals surface area contributed by atoms with Crippen LogP contribution in [0.1, 0.15) is 12.1 Å². The predicted molar refractivity (Wildman–Crippen MR) is 47.4 cm³/mol. The van der Waals surface area contributed by atoms with E-state index in [1.165, 1.54) is 6.07 Å². The molecule has 1 unspecified atom stereocenters. The van der Waals surface area contributed by atoms with Crippen molar-refractivity contribution in [3.8, 4) is 0 Å². The molecule has 2 heterocycles. The van der Waals surface area contributed by atoms with E-state index in [4.69, 9.17) is 4.74 Å². The number of aldehydes is 1. The molecule has 1 aliphatic heterocycles. The number of halogens is 1. The second-order valence-corrected chi connectivity index (χ2v) is 3.42. The Bertz CT molecular complexity index is 348. The average molecular weight is 195 g/mol. The molecule has 0 N–H and O–H groups in total. The minimum absolute atomic E-state index is 0.299. The number of hydrogen-bond acceptors (Lipinski definition) is 3. The molecule has 74 valence electrons. The van der Waals surface area contributed by atoms with Crippen molar-refractivity contribution < 1.29 is 13.9 Å². The van der Waals surface area contributed by atoms with Gasteiger partial charge in [0.25, 0.3) is 0 Å². The second-order valence-electron chi connectivity index (χ2n) is 3.42. The fourth-order valence-electron chi connectivity index (χ4n) is 1.62. The number of hydrogen-bond donors (Lipinski definition) is 0. The number of carbonyl (C=O) groups excluding carboxylic acids is 1. The number of carbonyl (C=O) groups is 1. The van der Waals surface area contributed by atoms with E-state index >= 15 is 0 Å². The summed E-state index contributed by atoms with van der Waals surface area (Å²) in [6, 6.07) is 4.48. The SMILES string of the molecule is O=CC1(c2cccc(F)n2)CCOC1. The molecule has 2 rings (SSSR count). The zero-order chi connectivity index (χ0) is 10.0. The van der Waals surface area contributed by atoms with Gasteiger partial charge in [-0.25, -0.2) is 4.98 Å². The van der Waals surface area contributed by atoms with Crippen LogP contribution in [0, 0.1) is 5.95 Å². The third-order valence-corrected chi connectivity index (χ3v) is 2.50. The van der Waals surface area contributed by atoms with Crippen LogP contribution >= 0.6 is 0 Å². The molecule has 0 saturated carbocycles. The van der Waals surface area contributed by atoms with Crippen molar-refractivity contribution in [2.24, 2.45) is 0 Å². The van der Waals surface area contributed by atoms with E-state index in [0.29, 0.717) is 25.3 Å². The summed E-state index contributed by atoms with van der Waals surface area (Å²) >= 11 is 0. The highest BCUT2D eigenvalue weighted by Crippen LogP contribution is 2.29. The van der Waals surface area contributed by atoms with E-state index < -0.39 is 11.4 Å². The normalized spacial score (nSPS) is 26.4. The van der Waals surface area contributed by atoms with Crippen LogP contribution < -0.4 is 0 Å². The summed E-state index contributed by atoms with van der Waals surface area (Å²) in [7, 11) is 0. The Morgan fingerprint density at radius 3 is 3.00 bits per heavy atom. The number of pyridine rings is 1. The first kappa shape index (κ1) is 9.27. The molecule has 1 atom stereocenters. The van der Waals surface area contributed by atoms with Gasteiger partial charge in [-0.15, -0.1) is 0 Å². The van der Waals surface area contributed by atoms with Crippen LogP contribution in [0.15, 0.2) is 18.2 Å². The van der Waals surface area contributed by atoms with Crippen molar-refractivity contribution in [3.63, 3.8) is 0 Å². The summed E-state index contributed by atoms with van der Waals surface area (Å²) < 4.78 is 18.0. The molecule has 1 aliphatic rings. The predicted octanol–water partition coefficient (Wildman–Crippen LogP) is 1.08. The highest BCUT2D eigenvalue weighted by molar-refractivity contribution is 5.68. The van der Waals surface area contributed by atoms with Gasteiger partial charge in [-0.2, -0.15) is 4.39 Å². The molecule has 0 aromatic carbocycles. The summed E-state index contributed by atoms with van der Waals surface area (Å²) in [5.41, 5.74) is -0.271. The van der Waals surface area contributed by atoms with E-state index in [0.717, 1.165) is 6.29 Å². The van der Waals surface area contributed by atoms with Crippen LogP contribution in [-0.2, 0) is 14.9 Å². The number of rotatable bonds is 2.